The Morgan fingerprint density at radius 2 is 1.94 bits per heavy atom. The summed E-state index contributed by atoms with van der Waals surface area (Å²) in [6, 6.07) is 0. The zero-order chi connectivity index (χ0) is 13.6. The van der Waals surface area contributed by atoms with Crippen LogP contribution in [-0.2, 0) is 9.84 Å². The Kier molecular flexibility index (Phi) is 6.12. The van der Waals surface area contributed by atoms with Gasteiger partial charge in [-0.25, -0.2) is 8.42 Å². The number of hydrogen-bond donors (Lipinski definition) is 1. The smallest absolute Gasteiger partial charge is 0.150 e. The van der Waals surface area contributed by atoms with Gasteiger partial charge in [-0.1, -0.05) is 33.6 Å². The van der Waals surface area contributed by atoms with Gasteiger partial charge < -0.3 is 5.32 Å². The van der Waals surface area contributed by atoms with E-state index in [4.69, 9.17) is 0 Å². The minimum Gasteiger partial charge on any atom is -0.311 e. The molecule has 1 aliphatic heterocycles. The molecule has 4 heteroatoms. The topological polar surface area (TPSA) is 46.2 Å². The van der Waals surface area contributed by atoms with Crippen LogP contribution < -0.4 is 5.32 Å². The lowest BCUT2D eigenvalue weighted by Crippen LogP contribution is -2.49. The zero-order valence-corrected chi connectivity index (χ0v) is 13.0. The molecule has 0 bridgehead atoms. The van der Waals surface area contributed by atoms with Crippen LogP contribution in [0.2, 0.25) is 0 Å². The van der Waals surface area contributed by atoms with Gasteiger partial charge in [-0.15, -0.1) is 0 Å². The third-order valence-corrected chi connectivity index (χ3v) is 6.19. The minimum absolute atomic E-state index is 0.166. The fourth-order valence-electron chi connectivity index (χ4n) is 2.91. The van der Waals surface area contributed by atoms with Crippen LogP contribution in [0.3, 0.4) is 0 Å². The molecule has 1 atom stereocenters. The van der Waals surface area contributed by atoms with Gasteiger partial charge in [0.2, 0.25) is 0 Å². The number of rotatable bonds is 6. The van der Waals surface area contributed by atoms with E-state index in [9.17, 15) is 8.42 Å². The first-order valence-corrected chi connectivity index (χ1v) is 9.19. The van der Waals surface area contributed by atoms with Crippen molar-refractivity contribution >= 4 is 9.84 Å². The van der Waals surface area contributed by atoms with Crippen molar-refractivity contribution < 1.29 is 8.42 Å². The fourth-order valence-corrected chi connectivity index (χ4v) is 3.79. The third kappa shape index (κ3) is 4.54. The quantitative estimate of drug-likeness (QED) is 0.811. The van der Waals surface area contributed by atoms with Crippen LogP contribution in [0.15, 0.2) is 0 Å². The Morgan fingerprint density at radius 3 is 2.56 bits per heavy atom. The highest BCUT2D eigenvalue weighted by Gasteiger charge is 2.33. The SMILES string of the molecule is CCS(=O)(=O)CCCC1(C(C)C)CCCCCN1. The second-order valence-corrected chi connectivity index (χ2v) is 8.36. The van der Waals surface area contributed by atoms with Gasteiger partial charge in [0.25, 0.3) is 0 Å². The van der Waals surface area contributed by atoms with E-state index in [-0.39, 0.29) is 11.3 Å². The van der Waals surface area contributed by atoms with Crippen molar-refractivity contribution in [1.29, 1.82) is 0 Å². The highest BCUT2D eigenvalue weighted by atomic mass is 32.2. The average molecular weight is 275 g/mol. The average Bonchev–Trinajstić information content (AvgIpc) is 2.55. The van der Waals surface area contributed by atoms with Crippen molar-refractivity contribution in [3.8, 4) is 0 Å². The molecule has 18 heavy (non-hydrogen) atoms. The van der Waals surface area contributed by atoms with E-state index in [1.807, 2.05) is 0 Å². The molecule has 0 saturated carbocycles. The maximum absolute atomic E-state index is 11.6. The minimum atomic E-state index is -2.81. The number of nitrogens with one attached hydrogen (secondary N) is 1. The molecular formula is C14H29NO2S. The molecule has 3 nitrogen and oxygen atoms in total. The number of sulfone groups is 1. The summed E-state index contributed by atoms with van der Waals surface area (Å²) in [5.74, 6) is 1.19. The Hall–Kier alpha value is -0.0900. The van der Waals surface area contributed by atoms with E-state index >= 15 is 0 Å². The molecule has 108 valence electrons. The first kappa shape index (κ1) is 16.0. The largest absolute Gasteiger partial charge is 0.311 e. The van der Waals surface area contributed by atoms with Crippen LogP contribution in [0.1, 0.15) is 59.3 Å². The second kappa shape index (κ2) is 6.90. The fraction of sp³-hybridized carbons (Fsp3) is 1.00. The van der Waals surface area contributed by atoms with E-state index in [1.54, 1.807) is 6.92 Å². The molecule has 1 saturated heterocycles. The molecule has 0 radical (unpaired) electrons. The zero-order valence-electron chi connectivity index (χ0n) is 12.2. The van der Waals surface area contributed by atoms with Crippen LogP contribution in [-0.4, -0.2) is 32.0 Å². The van der Waals surface area contributed by atoms with E-state index in [2.05, 4.69) is 19.2 Å². The van der Waals surface area contributed by atoms with Gasteiger partial charge in [0.05, 0.1) is 5.75 Å². The van der Waals surface area contributed by atoms with Crippen molar-refractivity contribution in [3.63, 3.8) is 0 Å². The van der Waals surface area contributed by atoms with Crippen LogP contribution >= 0.6 is 0 Å². The first-order valence-electron chi connectivity index (χ1n) is 7.37. The van der Waals surface area contributed by atoms with Gasteiger partial charge in [-0.05, 0) is 38.1 Å². The van der Waals surface area contributed by atoms with Crippen LogP contribution in [0.25, 0.3) is 0 Å². The Bertz CT molecular complexity index is 328. The molecule has 0 spiro atoms. The molecule has 1 aliphatic rings. The van der Waals surface area contributed by atoms with Crippen molar-refractivity contribution in [2.24, 2.45) is 5.92 Å². The van der Waals surface area contributed by atoms with Crippen molar-refractivity contribution in [2.75, 3.05) is 18.1 Å². The van der Waals surface area contributed by atoms with Crippen LogP contribution in [0, 0.1) is 5.92 Å². The summed E-state index contributed by atoms with van der Waals surface area (Å²) < 4.78 is 23.1. The van der Waals surface area contributed by atoms with Gasteiger partial charge >= 0.3 is 0 Å². The summed E-state index contributed by atoms with van der Waals surface area (Å²) in [6.45, 7) is 7.33. The van der Waals surface area contributed by atoms with Crippen molar-refractivity contribution in [2.45, 2.75) is 64.8 Å². The van der Waals surface area contributed by atoms with Gasteiger partial charge in [-0.3, -0.25) is 0 Å². The lowest BCUT2D eigenvalue weighted by Gasteiger charge is -2.38. The lowest BCUT2D eigenvalue weighted by molar-refractivity contribution is 0.209. The molecule has 0 aromatic rings. The Morgan fingerprint density at radius 1 is 1.22 bits per heavy atom. The lowest BCUT2D eigenvalue weighted by atomic mass is 9.79. The molecule has 0 amide bonds. The molecule has 1 unspecified atom stereocenters. The molecule has 0 aromatic heterocycles. The van der Waals surface area contributed by atoms with Crippen molar-refractivity contribution in [1.82, 2.24) is 5.32 Å². The van der Waals surface area contributed by atoms with Crippen LogP contribution in [0.4, 0.5) is 0 Å². The summed E-state index contributed by atoms with van der Waals surface area (Å²) in [7, 11) is -2.81. The summed E-state index contributed by atoms with van der Waals surface area (Å²) in [4.78, 5) is 0. The molecule has 1 rings (SSSR count). The van der Waals surface area contributed by atoms with Crippen molar-refractivity contribution in [3.05, 3.63) is 0 Å². The second-order valence-electron chi connectivity index (χ2n) is 5.89. The third-order valence-electron chi connectivity index (χ3n) is 4.40. The molecule has 0 aliphatic carbocycles. The predicted octanol–water partition coefficient (Wildman–Crippen LogP) is 2.76. The highest BCUT2D eigenvalue weighted by molar-refractivity contribution is 7.91. The standard InChI is InChI=1S/C14H29NO2S/c1-4-18(16,17)12-8-10-14(13(2)3)9-6-5-7-11-15-14/h13,15H,4-12H2,1-3H3. The molecule has 1 heterocycles. The van der Waals surface area contributed by atoms with Gasteiger partial charge in [0.1, 0.15) is 9.84 Å². The molecule has 1 fully saturated rings. The normalized spacial score (nSPS) is 26.2. The number of hydrogen-bond acceptors (Lipinski definition) is 3. The monoisotopic (exact) mass is 275 g/mol. The maximum atomic E-state index is 11.6. The van der Waals surface area contributed by atoms with Gasteiger partial charge in [0.15, 0.2) is 0 Å². The predicted molar refractivity (Wildman–Crippen MR) is 77.6 cm³/mol. The van der Waals surface area contributed by atoms with E-state index in [0.717, 1.165) is 19.4 Å². The Balaban J connectivity index is 2.57. The summed E-state index contributed by atoms with van der Waals surface area (Å²) in [5, 5.41) is 3.70. The summed E-state index contributed by atoms with van der Waals surface area (Å²) in [6.07, 6.45) is 6.80. The summed E-state index contributed by atoms with van der Waals surface area (Å²) in [5.41, 5.74) is 0.166. The van der Waals surface area contributed by atoms with Gasteiger partial charge in [-0.2, -0.15) is 0 Å². The first-order chi connectivity index (χ1) is 8.42. The Labute approximate surface area is 113 Å². The highest BCUT2D eigenvalue weighted by Crippen LogP contribution is 2.31. The molecular weight excluding hydrogens is 246 g/mol. The molecule has 1 N–H and O–H groups in total. The van der Waals surface area contributed by atoms with E-state index in [0.29, 0.717) is 11.7 Å². The summed E-state index contributed by atoms with van der Waals surface area (Å²) >= 11 is 0. The maximum Gasteiger partial charge on any atom is 0.150 e. The van der Waals surface area contributed by atoms with Gasteiger partial charge in [0, 0.05) is 11.3 Å². The van der Waals surface area contributed by atoms with Crippen LogP contribution in [0.5, 0.6) is 0 Å². The van der Waals surface area contributed by atoms with E-state index in [1.165, 1.54) is 25.7 Å². The van der Waals surface area contributed by atoms with E-state index < -0.39 is 9.84 Å². The molecule has 0 aromatic carbocycles.